The Balaban J connectivity index is 2.75. The van der Waals surface area contributed by atoms with Crippen LogP contribution in [0.15, 0.2) is 17.2 Å². The predicted octanol–water partition coefficient (Wildman–Crippen LogP) is 2.36. The molecule has 0 aliphatic heterocycles. The topological polar surface area (TPSA) is 34.9 Å². The smallest absolute Gasteiger partial charge is 0.253 e. The van der Waals surface area contributed by atoms with E-state index in [0.29, 0.717) is 5.92 Å². The fourth-order valence-corrected chi connectivity index (χ4v) is 2.09. The third kappa shape index (κ3) is 3.78. The molecule has 1 rings (SSSR count). The Morgan fingerprint density at radius 2 is 2.33 bits per heavy atom. The van der Waals surface area contributed by atoms with E-state index in [9.17, 15) is 4.79 Å². The van der Waals surface area contributed by atoms with Crippen LogP contribution in [0, 0.1) is 12.8 Å². The van der Waals surface area contributed by atoms with Gasteiger partial charge in [0.25, 0.3) is 5.56 Å². The predicted molar refractivity (Wildman–Crippen MR) is 65.4 cm³/mol. The van der Waals surface area contributed by atoms with Crippen LogP contribution < -0.4 is 5.56 Å². The van der Waals surface area contributed by atoms with Crippen molar-refractivity contribution >= 4 is 15.9 Å². The van der Waals surface area contributed by atoms with E-state index in [2.05, 4.69) is 27.8 Å². The zero-order valence-corrected chi connectivity index (χ0v) is 10.8. The van der Waals surface area contributed by atoms with Gasteiger partial charge in [0.1, 0.15) is 0 Å². The number of hydrogen-bond donors (Lipinski definition) is 0. The molecule has 1 atom stereocenters. The number of aromatic nitrogens is 2. The Morgan fingerprint density at radius 1 is 1.60 bits per heavy atom. The maximum absolute atomic E-state index is 11.6. The summed E-state index contributed by atoms with van der Waals surface area (Å²) in [5.41, 5.74) is 0.826. The molecule has 0 fully saturated rings. The molecular formula is C11H17BrN2O. The van der Waals surface area contributed by atoms with E-state index < -0.39 is 0 Å². The van der Waals surface area contributed by atoms with Crippen LogP contribution >= 0.6 is 15.9 Å². The van der Waals surface area contributed by atoms with Gasteiger partial charge in [0.05, 0.1) is 6.33 Å². The zero-order valence-electron chi connectivity index (χ0n) is 9.24. The normalized spacial score (nSPS) is 12.7. The van der Waals surface area contributed by atoms with Crippen LogP contribution in [0.3, 0.4) is 0 Å². The van der Waals surface area contributed by atoms with Crippen molar-refractivity contribution in [3.8, 4) is 0 Å². The second-order valence-corrected chi connectivity index (χ2v) is 4.48. The number of rotatable bonds is 5. The van der Waals surface area contributed by atoms with E-state index in [1.807, 2.05) is 6.92 Å². The molecule has 0 saturated carbocycles. The van der Waals surface area contributed by atoms with Gasteiger partial charge in [-0.15, -0.1) is 0 Å². The fraction of sp³-hybridized carbons (Fsp3) is 0.636. The third-order valence-electron chi connectivity index (χ3n) is 2.39. The lowest BCUT2D eigenvalue weighted by Gasteiger charge is -2.14. The van der Waals surface area contributed by atoms with Crippen LogP contribution in [0.5, 0.6) is 0 Å². The van der Waals surface area contributed by atoms with Crippen LogP contribution in [-0.2, 0) is 6.54 Å². The van der Waals surface area contributed by atoms with E-state index in [-0.39, 0.29) is 5.56 Å². The molecule has 1 aromatic heterocycles. The Hall–Kier alpha value is -0.640. The maximum Gasteiger partial charge on any atom is 0.253 e. The summed E-state index contributed by atoms with van der Waals surface area (Å²) in [6.45, 7) is 4.75. The highest BCUT2D eigenvalue weighted by Crippen LogP contribution is 2.11. The number of halogens is 1. The molecule has 0 spiro atoms. The molecule has 0 N–H and O–H groups in total. The summed E-state index contributed by atoms with van der Waals surface area (Å²) in [6.07, 6.45) is 3.92. The summed E-state index contributed by atoms with van der Waals surface area (Å²) in [7, 11) is 0. The van der Waals surface area contributed by atoms with Gasteiger partial charge >= 0.3 is 0 Å². The zero-order chi connectivity index (χ0) is 11.3. The van der Waals surface area contributed by atoms with Crippen LogP contribution in [-0.4, -0.2) is 14.9 Å². The lowest BCUT2D eigenvalue weighted by molar-refractivity contribution is 0.443. The molecule has 1 heterocycles. The average molecular weight is 273 g/mol. The first kappa shape index (κ1) is 12.4. The highest BCUT2D eigenvalue weighted by molar-refractivity contribution is 9.09. The minimum Gasteiger partial charge on any atom is -0.299 e. The largest absolute Gasteiger partial charge is 0.299 e. The summed E-state index contributed by atoms with van der Waals surface area (Å²) in [5, 5.41) is 0.932. The molecule has 1 aromatic rings. The molecule has 3 nitrogen and oxygen atoms in total. The second kappa shape index (κ2) is 6.05. The lowest BCUT2D eigenvalue weighted by Crippen LogP contribution is -2.24. The first-order valence-electron chi connectivity index (χ1n) is 5.26. The Kier molecular flexibility index (Phi) is 5.02. The molecule has 0 amide bonds. The minimum atomic E-state index is 0.0459. The van der Waals surface area contributed by atoms with Crippen molar-refractivity contribution in [2.75, 3.05) is 5.33 Å². The SMILES string of the molecule is CCCC(CBr)Cn1cnc(C)cc1=O. The lowest BCUT2D eigenvalue weighted by atomic mass is 10.1. The van der Waals surface area contributed by atoms with Crippen LogP contribution in [0.4, 0.5) is 0 Å². The van der Waals surface area contributed by atoms with Crippen molar-refractivity contribution in [2.45, 2.75) is 33.2 Å². The van der Waals surface area contributed by atoms with Gasteiger partial charge in [-0.25, -0.2) is 4.98 Å². The molecule has 0 aromatic carbocycles. The van der Waals surface area contributed by atoms with E-state index >= 15 is 0 Å². The Labute approximate surface area is 98.7 Å². The number of hydrogen-bond acceptors (Lipinski definition) is 2. The second-order valence-electron chi connectivity index (χ2n) is 3.83. The number of nitrogens with zero attached hydrogens (tertiary/aromatic N) is 2. The monoisotopic (exact) mass is 272 g/mol. The molecule has 1 unspecified atom stereocenters. The molecule has 0 saturated heterocycles. The molecule has 15 heavy (non-hydrogen) atoms. The molecule has 0 bridgehead atoms. The van der Waals surface area contributed by atoms with Crippen molar-refractivity contribution in [3.05, 3.63) is 28.4 Å². The summed E-state index contributed by atoms with van der Waals surface area (Å²) < 4.78 is 1.69. The highest BCUT2D eigenvalue weighted by atomic mass is 79.9. The molecular weight excluding hydrogens is 256 g/mol. The van der Waals surface area contributed by atoms with Crippen molar-refractivity contribution in [3.63, 3.8) is 0 Å². The summed E-state index contributed by atoms with van der Waals surface area (Å²) in [4.78, 5) is 15.7. The van der Waals surface area contributed by atoms with E-state index in [1.165, 1.54) is 0 Å². The van der Waals surface area contributed by atoms with Gasteiger partial charge in [-0.1, -0.05) is 29.3 Å². The van der Waals surface area contributed by atoms with Crippen LogP contribution in [0.25, 0.3) is 0 Å². The minimum absolute atomic E-state index is 0.0459. The Morgan fingerprint density at radius 3 is 2.87 bits per heavy atom. The summed E-state index contributed by atoms with van der Waals surface area (Å²) in [5.74, 6) is 0.511. The first-order chi connectivity index (χ1) is 7.17. The maximum atomic E-state index is 11.6. The van der Waals surface area contributed by atoms with Gasteiger partial charge in [0, 0.05) is 23.6 Å². The van der Waals surface area contributed by atoms with Gasteiger partial charge < -0.3 is 0 Å². The number of alkyl halides is 1. The van der Waals surface area contributed by atoms with Crippen molar-refractivity contribution < 1.29 is 0 Å². The van der Waals surface area contributed by atoms with Crippen LogP contribution in [0.2, 0.25) is 0 Å². The molecule has 0 aliphatic carbocycles. The molecule has 84 valence electrons. The first-order valence-corrected chi connectivity index (χ1v) is 6.38. The van der Waals surface area contributed by atoms with Crippen LogP contribution in [0.1, 0.15) is 25.5 Å². The van der Waals surface area contributed by atoms with Gasteiger partial charge in [-0.2, -0.15) is 0 Å². The van der Waals surface area contributed by atoms with E-state index in [1.54, 1.807) is 17.0 Å². The van der Waals surface area contributed by atoms with Gasteiger partial charge in [0.2, 0.25) is 0 Å². The third-order valence-corrected chi connectivity index (χ3v) is 3.30. The Bertz CT molecular complexity index is 362. The standard InChI is InChI=1S/C11H17BrN2O/c1-3-4-10(6-12)7-14-8-13-9(2)5-11(14)15/h5,8,10H,3-4,6-7H2,1-2H3. The van der Waals surface area contributed by atoms with Gasteiger partial charge in [-0.3, -0.25) is 9.36 Å². The molecule has 4 heteroatoms. The van der Waals surface area contributed by atoms with Gasteiger partial charge in [0.15, 0.2) is 0 Å². The fourth-order valence-electron chi connectivity index (χ4n) is 1.56. The van der Waals surface area contributed by atoms with E-state index in [4.69, 9.17) is 0 Å². The quantitative estimate of drug-likeness (QED) is 0.772. The van der Waals surface area contributed by atoms with Crippen molar-refractivity contribution in [1.29, 1.82) is 0 Å². The molecule has 0 aliphatic rings. The van der Waals surface area contributed by atoms with Crippen molar-refractivity contribution in [1.82, 2.24) is 9.55 Å². The molecule has 0 radical (unpaired) electrons. The highest BCUT2D eigenvalue weighted by Gasteiger charge is 2.08. The summed E-state index contributed by atoms with van der Waals surface area (Å²) in [6, 6.07) is 1.58. The number of aryl methyl sites for hydroxylation is 1. The van der Waals surface area contributed by atoms with Gasteiger partial charge in [-0.05, 0) is 19.3 Å². The van der Waals surface area contributed by atoms with Crippen molar-refractivity contribution in [2.24, 2.45) is 5.92 Å². The van der Waals surface area contributed by atoms with E-state index in [0.717, 1.165) is 30.4 Å². The average Bonchev–Trinajstić information content (AvgIpc) is 2.21. The summed E-state index contributed by atoms with van der Waals surface area (Å²) >= 11 is 3.48.